The molecular formula is C18H17N5O3S. The van der Waals surface area contributed by atoms with Gasteiger partial charge in [-0.3, -0.25) is 4.79 Å². The summed E-state index contributed by atoms with van der Waals surface area (Å²) in [5.41, 5.74) is 9.28. The van der Waals surface area contributed by atoms with Crippen LogP contribution in [0.25, 0.3) is 16.6 Å². The third-order valence-electron chi connectivity index (χ3n) is 4.19. The molecule has 0 atom stereocenters. The Hall–Kier alpha value is -3.04. The van der Waals surface area contributed by atoms with E-state index in [1.54, 1.807) is 12.5 Å². The maximum absolute atomic E-state index is 12.3. The lowest BCUT2D eigenvalue weighted by molar-refractivity contribution is 0.102. The zero-order valence-corrected chi connectivity index (χ0v) is 15.4. The predicted molar refractivity (Wildman–Crippen MR) is 104 cm³/mol. The predicted octanol–water partition coefficient (Wildman–Crippen LogP) is 2.73. The molecule has 8 nitrogen and oxygen atoms in total. The van der Waals surface area contributed by atoms with Crippen LogP contribution in [0.1, 0.15) is 22.5 Å². The van der Waals surface area contributed by atoms with Gasteiger partial charge >= 0.3 is 0 Å². The Morgan fingerprint density at radius 3 is 2.93 bits per heavy atom. The first-order valence-corrected chi connectivity index (χ1v) is 9.17. The second-order valence-corrected chi connectivity index (χ2v) is 6.74. The number of benzene rings is 1. The highest BCUT2D eigenvalue weighted by Crippen LogP contribution is 2.32. The van der Waals surface area contributed by atoms with Crippen LogP contribution in [0.2, 0.25) is 0 Å². The summed E-state index contributed by atoms with van der Waals surface area (Å²) in [4.78, 5) is 25.3. The summed E-state index contributed by atoms with van der Waals surface area (Å²) < 4.78 is 10.8. The van der Waals surface area contributed by atoms with Crippen molar-refractivity contribution in [1.29, 1.82) is 0 Å². The van der Waals surface area contributed by atoms with Gasteiger partial charge in [0.1, 0.15) is 22.5 Å². The summed E-state index contributed by atoms with van der Waals surface area (Å²) in [5, 5.41) is 4.63. The van der Waals surface area contributed by atoms with Gasteiger partial charge in [-0.1, -0.05) is 6.08 Å². The first-order chi connectivity index (χ1) is 13.2. The van der Waals surface area contributed by atoms with E-state index in [4.69, 9.17) is 15.2 Å². The molecule has 1 amide bonds. The number of nitrogens with zero attached hydrogens (tertiary/aromatic N) is 3. The molecule has 27 heavy (non-hydrogen) atoms. The van der Waals surface area contributed by atoms with Gasteiger partial charge < -0.3 is 20.5 Å². The average Bonchev–Trinajstić information content (AvgIpc) is 3.14. The normalized spacial score (nSPS) is 14.0. The van der Waals surface area contributed by atoms with Crippen LogP contribution in [0.15, 0.2) is 29.8 Å². The molecule has 0 saturated carbocycles. The first-order valence-electron chi connectivity index (χ1n) is 8.29. The Kier molecular flexibility index (Phi) is 4.69. The van der Waals surface area contributed by atoms with Crippen molar-refractivity contribution < 1.29 is 14.3 Å². The first kappa shape index (κ1) is 17.4. The number of carbonyl (C=O) groups excluding carboxylic acids is 1. The molecule has 0 spiro atoms. The Morgan fingerprint density at radius 2 is 2.22 bits per heavy atom. The molecule has 0 unspecified atom stereocenters. The molecule has 0 aliphatic carbocycles. The van der Waals surface area contributed by atoms with Gasteiger partial charge in [0.2, 0.25) is 0 Å². The smallest absolute Gasteiger partial charge is 0.276 e. The van der Waals surface area contributed by atoms with Gasteiger partial charge in [-0.15, -0.1) is 11.3 Å². The number of thiazole rings is 1. The molecule has 4 rings (SSSR count). The van der Waals surface area contributed by atoms with E-state index in [9.17, 15) is 4.79 Å². The van der Waals surface area contributed by atoms with Crippen molar-refractivity contribution in [2.24, 2.45) is 0 Å². The molecule has 0 bridgehead atoms. The number of carbonyl (C=O) groups is 1. The molecule has 1 aliphatic heterocycles. The van der Waals surface area contributed by atoms with Gasteiger partial charge in [0.15, 0.2) is 10.9 Å². The van der Waals surface area contributed by atoms with Gasteiger partial charge in [-0.25, -0.2) is 15.0 Å². The minimum Gasteiger partial charge on any atom is -0.494 e. The lowest BCUT2D eigenvalue weighted by Crippen LogP contribution is -2.14. The van der Waals surface area contributed by atoms with E-state index in [1.165, 1.54) is 17.5 Å². The lowest BCUT2D eigenvalue weighted by Gasteiger charge is -2.16. The van der Waals surface area contributed by atoms with Crippen LogP contribution in [0.5, 0.6) is 5.75 Å². The highest BCUT2D eigenvalue weighted by Gasteiger charge is 2.17. The number of nitrogens with one attached hydrogen (secondary N) is 1. The summed E-state index contributed by atoms with van der Waals surface area (Å²) in [6.07, 6.45) is 4.39. The monoisotopic (exact) mass is 383 g/mol. The number of nitrogens with two attached hydrogens (primary N) is 1. The van der Waals surface area contributed by atoms with Crippen LogP contribution in [-0.2, 0) is 4.74 Å². The fourth-order valence-corrected chi connectivity index (χ4v) is 3.45. The second-order valence-electron chi connectivity index (χ2n) is 5.85. The maximum Gasteiger partial charge on any atom is 0.276 e. The third kappa shape index (κ3) is 3.46. The quantitative estimate of drug-likeness (QED) is 0.712. The molecule has 1 aliphatic rings. The van der Waals surface area contributed by atoms with E-state index in [2.05, 4.69) is 26.3 Å². The molecule has 2 aromatic heterocycles. The van der Waals surface area contributed by atoms with Crippen LogP contribution in [0.3, 0.4) is 0 Å². The van der Waals surface area contributed by atoms with Crippen molar-refractivity contribution in [1.82, 2.24) is 15.0 Å². The largest absolute Gasteiger partial charge is 0.494 e. The molecule has 0 radical (unpaired) electrons. The summed E-state index contributed by atoms with van der Waals surface area (Å²) >= 11 is 1.20. The summed E-state index contributed by atoms with van der Waals surface area (Å²) in [6, 6.07) is 3.83. The summed E-state index contributed by atoms with van der Waals surface area (Å²) in [6.45, 7) is 1.26. The third-order valence-corrected chi connectivity index (χ3v) is 4.86. The fraction of sp³-hybridized carbons (Fsp3) is 0.222. The Morgan fingerprint density at radius 1 is 1.33 bits per heavy atom. The number of fused-ring (bicyclic) bond motifs is 1. The molecule has 0 fully saturated rings. The summed E-state index contributed by atoms with van der Waals surface area (Å²) in [5.74, 6) is 0.511. The van der Waals surface area contributed by atoms with Crippen molar-refractivity contribution in [3.05, 3.63) is 41.0 Å². The molecule has 138 valence electrons. The van der Waals surface area contributed by atoms with Crippen molar-refractivity contribution in [3.63, 3.8) is 0 Å². The van der Waals surface area contributed by atoms with Gasteiger partial charge in [0.25, 0.3) is 5.91 Å². The average molecular weight is 383 g/mol. The number of ether oxygens (including phenoxy) is 2. The van der Waals surface area contributed by atoms with Crippen LogP contribution >= 0.6 is 11.3 Å². The molecule has 3 heterocycles. The lowest BCUT2D eigenvalue weighted by atomic mass is 9.99. The van der Waals surface area contributed by atoms with Gasteiger partial charge in [0, 0.05) is 10.9 Å². The Labute approximate surface area is 159 Å². The van der Waals surface area contributed by atoms with Gasteiger partial charge in [0.05, 0.1) is 26.5 Å². The number of rotatable bonds is 4. The molecule has 9 heteroatoms. The van der Waals surface area contributed by atoms with E-state index in [1.807, 2.05) is 12.1 Å². The fourth-order valence-electron chi connectivity index (χ4n) is 2.90. The molecular weight excluding hydrogens is 366 g/mol. The van der Waals surface area contributed by atoms with Crippen LogP contribution in [0.4, 0.5) is 10.9 Å². The topological polar surface area (TPSA) is 112 Å². The molecule has 3 aromatic rings. The zero-order chi connectivity index (χ0) is 18.8. The number of anilines is 2. The molecule has 0 saturated heterocycles. The van der Waals surface area contributed by atoms with Crippen LogP contribution in [-0.4, -0.2) is 41.2 Å². The second kappa shape index (κ2) is 7.29. The van der Waals surface area contributed by atoms with E-state index in [0.29, 0.717) is 35.4 Å². The van der Waals surface area contributed by atoms with Crippen LogP contribution in [0, 0.1) is 0 Å². The number of methoxy groups -OCH3 is 1. The van der Waals surface area contributed by atoms with Crippen molar-refractivity contribution in [2.75, 3.05) is 31.4 Å². The van der Waals surface area contributed by atoms with E-state index in [0.717, 1.165) is 23.1 Å². The zero-order valence-electron chi connectivity index (χ0n) is 14.6. The van der Waals surface area contributed by atoms with Crippen molar-refractivity contribution in [3.8, 4) is 5.75 Å². The highest BCUT2D eigenvalue weighted by atomic mass is 32.1. The Balaban J connectivity index is 1.72. The summed E-state index contributed by atoms with van der Waals surface area (Å²) in [7, 11) is 1.58. The van der Waals surface area contributed by atoms with Gasteiger partial charge in [-0.05, 0) is 24.1 Å². The van der Waals surface area contributed by atoms with E-state index >= 15 is 0 Å². The Bertz CT molecular complexity index is 1050. The highest BCUT2D eigenvalue weighted by molar-refractivity contribution is 7.13. The van der Waals surface area contributed by atoms with Gasteiger partial charge in [-0.2, -0.15) is 0 Å². The number of amides is 1. The number of nitrogen functional groups attached to an aromatic ring is 1. The number of hydrogen-bond acceptors (Lipinski definition) is 8. The van der Waals surface area contributed by atoms with E-state index in [-0.39, 0.29) is 11.6 Å². The minimum atomic E-state index is -0.390. The number of aromatic nitrogens is 3. The standard InChI is InChI=1S/C18H17N5O3S/c1-25-13-3-2-11(10-4-6-26-7-5-10)15-16(13)22-14(8-20-15)23-17(24)12-9-27-18(19)21-12/h2-4,8-9H,5-7H2,1H3,(H2,19,21)(H,22,23,24). The van der Waals surface area contributed by atoms with Crippen molar-refractivity contribution >= 4 is 44.8 Å². The maximum atomic E-state index is 12.3. The van der Waals surface area contributed by atoms with E-state index < -0.39 is 0 Å². The molecule has 1 aromatic carbocycles. The minimum absolute atomic E-state index is 0.243. The number of hydrogen-bond donors (Lipinski definition) is 2. The molecule has 3 N–H and O–H groups in total. The van der Waals surface area contributed by atoms with Crippen LogP contribution < -0.4 is 15.8 Å². The SMILES string of the molecule is COc1ccc(C2=CCOCC2)c2ncc(NC(=O)c3csc(N)n3)nc12. The van der Waals surface area contributed by atoms with Crippen molar-refractivity contribution in [2.45, 2.75) is 6.42 Å².